The number of rotatable bonds is 7. The predicted molar refractivity (Wildman–Crippen MR) is 74.0 cm³/mol. The van der Waals surface area contributed by atoms with Crippen LogP contribution in [0.15, 0.2) is 24.3 Å². The summed E-state index contributed by atoms with van der Waals surface area (Å²) in [6.07, 6.45) is 0.198. The number of hydrogen-bond acceptors (Lipinski definition) is 3. The second-order valence-corrected chi connectivity index (χ2v) is 4.57. The quantitative estimate of drug-likeness (QED) is 0.804. The van der Waals surface area contributed by atoms with E-state index in [1.807, 2.05) is 14.1 Å². The molecule has 1 N–H and O–H groups in total. The van der Waals surface area contributed by atoms with Crippen LogP contribution in [0.2, 0.25) is 0 Å². The van der Waals surface area contributed by atoms with E-state index in [2.05, 4.69) is 41.0 Å². The first-order valence-electron chi connectivity index (χ1n) is 6.23. The summed E-state index contributed by atoms with van der Waals surface area (Å²) in [4.78, 5) is 14.8. The maximum atomic E-state index is 10.6. The van der Waals surface area contributed by atoms with Crippen molar-refractivity contribution in [3.63, 3.8) is 0 Å². The first-order valence-corrected chi connectivity index (χ1v) is 6.23. The third kappa shape index (κ3) is 4.75. The highest BCUT2D eigenvalue weighted by molar-refractivity contribution is 5.66. The Bertz CT molecular complexity index is 374. The molecule has 0 unspecified atom stereocenters. The van der Waals surface area contributed by atoms with Gasteiger partial charge in [0.2, 0.25) is 0 Å². The van der Waals surface area contributed by atoms with E-state index in [0.717, 1.165) is 13.1 Å². The van der Waals surface area contributed by atoms with Gasteiger partial charge < -0.3 is 10.0 Å². The molecule has 0 aliphatic rings. The molecule has 0 spiro atoms. The standard InChI is InChI=1S/C14H22N2O2/c1-4-16(10-9-14(17)18)11-12-5-7-13(8-6-12)15(2)3/h5-8H,4,9-11H2,1-3H3,(H,17,18). The molecule has 0 heterocycles. The van der Waals surface area contributed by atoms with Gasteiger partial charge in [0.05, 0.1) is 6.42 Å². The Labute approximate surface area is 109 Å². The number of hydrogen-bond donors (Lipinski definition) is 1. The fourth-order valence-electron chi connectivity index (χ4n) is 1.76. The summed E-state index contributed by atoms with van der Waals surface area (Å²) in [5.41, 5.74) is 2.39. The zero-order valence-corrected chi connectivity index (χ0v) is 11.4. The van der Waals surface area contributed by atoms with Crippen molar-refractivity contribution >= 4 is 11.7 Å². The molecular weight excluding hydrogens is 228 g/mol. The lowest BCUT2D eigenvalue weighted by atomic mass is 10.2. The van der Waals surface area contributed by atoms with E-state index in [-0.39, 0.29) is 6.42 Å². The maximum Gasteiger partial charge on any atom is 0.304 e. The Balaban J connectivity index is 2.56. The molecule has 1 aromatic rings. The van der Waals surface area contributed by atoms with Gasteiger partial charge in [0, 0.05) is 32.9 Å². The molecule has 0 aromatic heterocycles. The Kier molecular flexibility index (Phi) is 5.65. The van der Waals surface area contributed by atoms with Crippen molar-refractivity contribution in [1.29, 1.82) is 0 Å². The highest BCUT2D eigenvalue weighted by Crippen LogP contribution is 2.13. The largest absolute Gasteiger partial charge is 0.481 e. The monoisotopic (exact) mass is 250 g/mol. The lowest BCUT2D eigenvalue weighted by Crippen LogP contribution is -2.25. The number of benzene rings is 1. The van der Waals surface area contributed by atoms with Gasteiger partial charge in [0.25, 0.3) is 0 Å². The van der Waals surface area contributed by atoms with Gasteiger partial charge >= 0.3 is 5.97 Å². The van der Waals surface area contributed by atoms with Gasteiger partial charge in [0.15, 0.2) is 0 Å². The number of nitrogens with zero attached hydrogens (tertiary/aromatic N) is 2. The van der Waals surface area contributed by atoms with E-state index in [9.17, 15) is 4.79 Å². The van der Waals surface area contributed by atoms with Crippen molar-refractivity contribution in [2.75, 3.05) is 32.1 Å². The molecule has 1 aromatic carbocycles. The fourth-order valence-corrected chi connectivity index (χ4v) is 1.76. The summed E-state index contributed by atoms with van der Waals surface area (Å²) in [5, 5.41) is 8.69. The maximum absolute atomic E-state index is 10.6. The van der Waals surface area contributed by atoms with Gasteiger partial charge in [-0.15, -0.1) is 0 Å². The van der Waals surface area contributed by atoms with Crippen LogP contribution < -0.4 is 4.90 Å². The average molecular weight is 250 g/mol. The SMILES string of the molecule is CCN(CCC(=O)O)Cc1ccc(N(C)C)cc1. The van der Waals surface area contributed by atoms with E-state index in [1.165, 1.54) is 11.3 Å². The van der Waals surface area contributed by atoms with E-state index >= 15 is 0 Å². The van der Waals surface area contributed by atoms with Gasteiger partial charge in [0.1, 0.15) is 0 Å². The third-order valence-corrected chi connectivity index (χ3v) is 2.95. The minimum atomic E-state index is -0.739. The van der Waals surface area contributed by atoms with Gasteiger partial charge in [-0.1, -0.05) is 19.1 Å². The minimum absolute atomic E-state index is 0.198. The van der Waals surface area contributed by atoms with Crippen LogP contribution in [0, 0.1) is 0 Å². The van der Waals surface area contributed by atoms with Crippen molar-refractivity contribution in [2.45, 2.75) is 19.9 Å². The molecule has 0 radical (unpaired) electrons. The van der Waals surface area contributed by atoms with Crippen molar-refractivity contribution < 1.29 is 9.90 Å². The number of anilines is 1. The van der Waals surface area contributed by atoms with Gasteiger partial charge in [-0.05, 0) is 24.2 Å². The van der Waals surface area contributed by atoms with Crippen LogP contribution in [0.5, 0.6) is 0 Å². The molecule has 4 nitrogen and oxygen atoms in total. The second-order valence-electron chi connectivity index (χ2n) is 4.57. The van der Waals surface area contributed by atoms with E-state index in [4.69, 9.17) is 5.11 Å². The summed E-state index contributed by atoms with van der Waals surface area (Å²) in [6, 6.07) is 8.36. The molecule has 0 aliphatic heterocycles. The molecule has 4 heteroatoms. The molecule has 0 atom stereocenters. The highest BCUT2D eigenvalue weighted by atomic mass is 16.4. The minimum Gasteiger partial charge on any atom is -0.481 e. The zero-order chi connectivity index (χ0) is 13.5. The molecule has 100 valence electrons. The van der Waals surface area contributed by atoms with Gasteiger partial charge in [-0.2, -0.15) is 0 Å². The second kappa shape index (κ2) is 7.01. The molecule has 0 saturated heterocycles. The first-order chi connectivity index (χ1) is 8.52. The zero-order valence-electron chi connectivity index (χ0n) is 11.4. The molecule has 0 bridgehead atoms. The number of carboxylic acids is 1. The highest BCUT2D eigenvalue weighted by Gasteiger charge is 2.06. The topological polar surface area (TPSA) is 43.8 Å². The molecule has 0 fully saturated rings. The van der Waals surface area contributed by atoms with Crippen molar-refractivity contribution in [3.05, 3.63) is 29.8 Å². The molecule has 1 rings (SSSR count). The molecular formula is C14H22N2O2. The third-order valence-electron chi connectivity index (χ3n) is 2.95. The van der Waals surface area contributed by atoms with E-state index < -0.39 is 5.97 Å². The van der Waals surface area contributed by atoms with Crippen molar-refractivity contribution in [2.24, 2.45) is 0 Å². The van der Waals surface area contributed by atoms with Crippen LogP contribution in [0.4, 0.5) is 5.69 Å². The lowest BCUT2D eigenvalue weighted by molar-refractivity contribution is -0.137. The Morgan fingerprint density at radius 3 is 2.28 bits per heavy atom. The molecule has 0 amide bonds. The lowest BCUT2D eigenvalue weighted by Gasteiger charge is -2.20. The van der Waals surface area contributed by atoms with Crippen LogP contribution in [-0.2, 0) is 11.3 Å². The Morgan fingerprint density at radius 1 is 1.22 bits per heavy atom. The van der Waals surface area contributed by atoms with Crippen LogP contribution in [-0.4, -0.2) is 43.2 Å². The van der Waals surface area contributed by atoms with Gasteiger partial charge in [-0.3, -0.25) is 9.69 Å². The van der Waals surface area contributed by atoms with Crippen molar-refractivity contribution in [1.82, 2.24) is 4.90 Å². The molecule has 0 aliphatic carbocycles. The average Bonchev–Trinajstić information content (AvgIpc) is 2.34. The first kappa shape index (κ1) is 14.5. The van der Waals surface area contributed by atoms with Gasteiger partial charge in [-0.25, -0.2) is 0 Å². The smallest absolute Gasteiger partial charge is 0.304 e. The number of aliphatic carboxylic acids is 1. The van der Waals surface area contributed by atoms with E-state index in [0.29, 0.717) is 6.54 Å². The summed E-state index contributed by atoms with van der Waals surface area (Å²) in [7, 11) is 4.03. The van der Waals surface area contributed by atoms with Crippen LogP contribution >= 0.6 is 0 Å². The number of carboxylic acid groups (broad SMARTS) is 1. The molecule has 0 saturated carbocycles. The fraction of sp³-hybridized carbons (Fsp3) is 0.500. The Hall–Kier alpha value is -1.55. The molecule has 18 heavy (non-hydrogen) atoms. The summed E-state index contributed by atoms with van der Waals surface area (Å²) >= 11 is 0. The number of carbonyl (C=O) groups is 1. The summed E-state index contributed by atoms with van der Waals surface area (Å²) in [6.45, 7) is 4.32. The Morgan fingerprint density at radius 2 is 1.83 bits per heavy atom. The summed E-state index contributed by atoms with van der Waals surface area (Å²) < 4.78 is 0. The van der Waals surface area contributed by atoms with Crippen LogP contribution in [0.1, 0.15) is 18.9 Å². The predicted octanol–water partition coefficient (Wildman–Crippen LogP) is 2.05. The summed E-state index contributed by atoms with van der Waals surface area (Å²) in [5.74, 6) is -0.739. The van der Waals surface area contributed by atoms with Crippen LogP contribution in [0.3, 0.4) is 0 Å². The van der Waals surface area contributed by atoms with E-state index in [1.54, 1.807) is 0 Å². The normalized spacial score (nSPS) is 10.7. The van der Waals surface area contributed by atoms with Crippen molar-refractivity contribution in [3.8, 4) is 0 Å². The van der Waals surface area contributed by atoms with Crippen LogP contribution in [0.25, 0.3) is 0 Å².